The molecule has 4 N–H and O–H groups in total. The maximum absolute atomic E-state index is 11.7. The molecule has 0 aliphatic heterocycles. The van der Waals surface area contributed by atoms with E-state index >= 15 is 0 Å². The van der Waals surface area contributed by atoms with Crippen LogP contribution >= 0.6 is 15.9 Å². The molecule has 19 heavy (non-hydrogen) atoms. The Morgan fingerprint density at radius 2 is 1.74 bits per heavy atom. The zero-order valence-corrected chi connectivity index (χ0v) is 11.7. The van der Waals surface area contributed by atoms with E-state index in [1.807, 2.05) is 0 Å². The van der Waals surface area contributed by atoms with Gasteiger partial charge in [0.2, 0.25) is 11.8 Å². The fourth-order valence-corrected chi connectivity index (χ4v) is 1.53. The van der Waals surface area contributed by atoms with E-state index in [1.165, 1.54) is 0 Å². The van der Waals surface area contributed by atoms with Crippen molar-refractivity contribution in [1.82, 2.24) is 10.6 Å². The molecule has 0 aliphatic rings. The van der Waals surface area contributed by atoms with Crippen molar-refractivity contribution in [3.8, 4) is 0 Å². The zero-order chi connectivity index (χ0) is 14.3. The van der Waals surface area contributed by atoms with Gasteiger partial charge in [-0.25, -0.2) is 0 Å². The molecular formula is C12H14BrN3O3. The average molecular weight is 328 g/mol. The van der Waals surface area contributed by atoms with Crippen molar-refractivity contribution >= 4 is 33.7 Å². The smallest absolute Gasteiger partial charge is 0.251 e. The minimum atomic E-state index is -0.604. The van der Waals surface area contributed by atoms with Crippen molar-refractivity contribution < 1.29 is 14.4 Å². The first-order chi connectivity index (χ1) is 8.99. The number of rotatable bonds is 6. The molecule has 0 aliphatic carbocycles. The van der Waals surface area contributed by atoms with E-state index in [2.05, 4.69) is 26.6 Å². The lowest BCUT2D eigenvalue weighted by atomic mass is 10.2. The molecule has 3 amide bonds. The fraction of sp³-hybridized carbons (Fsp3) is 0.250. The number of nitrogens with two attached hydrogens (primary N) is 1. The van der Waals surface area contributed by atoms with Crippen molar-refractivity contribution in [2.24, 2.45) is 5.73 Å². The van der Waals surface area contributed by atoms with Crippen LogP contribution in [0.3, 0.4) is 0 Å². The molecule has 0 spiro atoms. The van der Waals surface area contributed by atoms with Gasteiger partial charge in [0.15, 0.2) is 0 Å². The molecule has 1 rings (SSSR count). The summed E-state index contributed by atoms with van der Waals surface area (Å²) < 4.78 is 0.884. The summed E-state index contributed by atoms with van der Waals surface area (Å²) in [6.07, 6.45) is 0.0928. The predicted molar refractivity (Wildman–Crippen MR) is 73.3 cm³/mol. The Kier molecular flexibility index (Phi) is 6.01. The standard InChI is InChI=1S/C12H14BrN3O3/c13-9-3-1-8(2-4-9)12(19)15-6-5-11(18)16-7-10(14)17/h1-4H,5-7H2,(H2,14,17)(H,15,19)(H,16,18). The Labute approximate surface area is 118 Å². The molecule has 0 heterocycles. The zero-order valence-electron chi connectivity index (χ0n) is 10.1. The molecule has 0 unspecified atom stereocenters. The first kappa shape index (κ1) is 15.2. The Hall–Kier alpha value is -1.89. The van der Waals surface area contributed by atoms with Gasteiger partial charge < -0.3 is 16.4 Å². The Bertz CT molecular complexity index is 474. The number of nitrogens with one attached hydrogen (secondary N) is 2. The van der Waals surface area contributed by atoms with Crippen molar-refractivity contribution in [3.05, 3.63) is 34.3 Å². The van der Waals surface area contributed by atoms with Gasteiger partial charge >= 0.3 is 0 Å². The highest BCUT2D eigenvalue weighted by molar-refractivity contribution is 9.10. The summed E-state index contributed by atoms with van der Waals surface area (Å²) in [7, 11) is 0. The highest BCUT2D eigenvalue weighted by atomic mass is 79.9. The molecule has 0 fully saturated rings. The van der Waals surface area contributed by atoms with Gasteiger partial charge in [0.1, 0.15) is 0 Å². The van der Waals surface area contributed by atoms with Crippen LogP contribution in [0.1, 0.15) is 16.8 Å². The summed E-state index contributed by atoms with van der Waals surface area (Å²) >= 11 is 3.27. The molecule has 0 atom stereocenters. The lowest BCUT2D eigenvalue weighted by molar-refractivity contribution is -0.124. The molecule has 1 aromatic carbocycles. The average Bonchev–Trinajstić information content (AvgIpc) is 2.37. The van der Waals surface area contributed by atoms with E-state index in [-0.39, 0.29) is 31.3 Å². The minimum Gasteiger partial charge on any atom is -0.368 e. The second-order valence-corrected chi connectivity index (χ2v) is 4.67. The Morgan fingerprint density at radius 3 is 2.32 bits per heavy atom. The van der Waals surface area contributed by atoms with Gasteiger partial charge in [0, 0.05) is 23.0 Å². The van der Waals surface area contributed by atoms with Crippen LogP contribution < -0.4 is 16.4 Å². The van der Waals surface area contributed by atoms with Gasteiger partial charge in [-0.15, -0.1) is 0 Å². The highest BCUT2D eigenvalue weighted by Gasteiger charge is 2.06. The van der Waals surface area contributed by atoms with E-state index in [0.29, 0.717) is 5.56 Å². The molecule has 0 aromatic heterocycles. The van der Waals surface area contributed by atoms with Gasteiger partial charge in [0.25, 0.3) is 5.91 Å². The topological polar surface area (TPSA) is 101 Å². The van der Waals surface area contributed by atoms with Gasteiger partial charge in [-0.3, -0.25) is 14.4 Å². The summed E-state index contributed by atoms with van der Waals surface area (Å²) in [5.74, 6) is -1.20. The molecule has 0 saturated carbocycles. The van der Waals surface area contributed by atoms with Gasteiger partial charge in [-0.2, -0.15) is 0 Å². The number of hydrogen-bond acceptors (Lipinski definition) is 3. The number of benzene rings is 1. The minimum absolute atomic E-state index is 0.0928. The van der Waals surface area contributed by atoms with Crippen molar-refractivity contribution in [3.63, 3.8) is 0 Å². The maximum Gasteiger partial charge on any atom is 0.251 e. The van der Waals surface area contributed by atoms with Crippen LogP contribution in [0.4, 0.5) is 0 Å². The Balaban J connectivity index is 2.29. The number of amides is 3. The van der Waals surface area contributed by atoms with Crippen LogP contribution in [0.5, 0.6) is 0 Å². The Morgan fingerprint density at radius 1 is 1.11 bits per heavy atom. The van der Waals surface area contributed by atoms with Crippen LogP contribution in [-0.2, 0) is 9.59 Å². The summed E-state index contributed by atoms with van der Waals surface area (Å²) in [6, 6.07) is 6.86. The fourth-order valence-electron chi connectivity index (χ4n) is 1.27. The largest absolute Gasteiger partial charge is 0.368 e. The molecule has 0 bridgehead atoms. The summed E-state index contributed by atoms with van der Waals surface area (Å²) in [5, 5.41) is 4.94. The molecule has 7 heteroatoms. The van der Waals surface area contributed by atoms with Gasteiger partial charge in [-0.05, 0) is 24.3 Å². The van der Waals surface area contributed by atoms with Crippen molar-refractivity contribution in [2.45, 2.75) is 6.42 Å². The number of carbonyl (C=O) groups excluding carboxylic acids is 3. The highest BCUT2D eigenvalue weighted by Crippen LogP contribution is 2.10. The third-order valence-corrected chi connectivity index (χ3v) is 2.73. The molecule has 102 valence electrons. The number of hydrogen-bond donors (Lipinski definition) is 3. The maximum atomic E-state index is 11.7. The summed E-state index contributed by atoms with van der Waals surface area (Å²) in [4.78, 5) is 33.3. The van der Waals surface area contributed by atoms with Gasteiger partial charge in [0.05, 0.1) is 6.54 Å². The predicted octanol–water partition coefficient (Wildman–Crippen LogP) is 0.170. The van der Waals surface area contributed by atoms with Gasteiger partial charge in [-0.1, -0.05) is 15.9 Å². The lowest BCUT2D eigenvalue weighted by Gasteiger charge is -2.05. The molecule has 1 aromatic rings. The second-order valence-electron chi connectivity index (χ2n) is 3.76. The summed E-state index contributed by atoms with van der Waals surface area (Å²) in [6.45, 7) is -0.00101. The van der Waals surface area contributed by atoms with E-state index in [0.717, 1.165) is 4.47 Å². The van der Waals surface area contributed by atoms with Crippen LogP contribution in [0.25, 0.3) is 0 Å². The van der Waals surface area contributed by atoms with Crippen LogP contribution in [-0.4, -0.2) is 30.8 Å². The van der Waals surface area contributed by atoms with E-state index < -0.39 is 5.91 Å². The van der Waals surface area contributed by atoms with Crippen molar-refractivity contribution in [1.29, 1.82) is 0 Å². The number of halogens is 1. The monoisotopic (exact) mass is 327 g/mol. The first-order valence-corrected chi connectivity index (χ1v) is 6.37. The van der Waals surface area contributed by atoms with Crippen LogP contribution in [0.15, 0.2) is 28.7 Å². The van der Waals surface area contributed by atoms with E-state index in [1.54, 1.807) is 24.3 Å². The SMILES string of the molecule is NC(=O)CNC(=O)CCNC(=O)c1ccc(Br)cc1. The number of carbonyl (C=O) groups is 3. The number of primary amides is 1. The van der Waals surface area contributed by atoms with E-state index in [9.17, 15) is 14.4 Å². The van der Waals surface area contributed by atoms with Crippen molar-refractivity contribution in [2.75, 3.05) is 13.1 Å². The molecule has 6 nitrogen and oxygen atoms in total. The molecule has 0 saturated heterocycles. The summed E-state index contributed by atoms with van der Waals surface area (Å²) in [5.41, 5.74) is 5.39. The quantitative estimate of drug-likeness (QED) is 0.694. The van der Waals surface area contributed by atoms with E-state index in [4.69, 9.17) is 5.73 Å². The third kappa shape index (κ3) is 6.01. The second kappa shape index (κ2) is 7.52. The molecule has 0 radical (unpaired) electrons. The van der Waals surface area contributed by atoms with Crippen LogP contribution in [0.2, 0.25) is 0 Å². The third-order valence-electron chi connectivity index (χ3n) is 2.20. The lowest BCUT2D eigenvalue weighted by Crippen LogP contribution is -2.35. The molecular weight excluding hydrogens is 314 g/mol. The normalized spacial score (nSPS) is 9.74. The van der Waals surface area contributed by atoms with Crippen LogP contribution in [0, 0.1) is 0 Å². The first-order valence-electron chi connectivity index (χ1n) is 5.58.